The van der Waals surface area contributed by atoms with E-state index in [-0.39, 0.29) is 5.91 Å². The molecular formula is C18H17N3O3S2. The van der Waals surface area contributed by atoms with Crippen molar-refractivity contribution in [1.29, 1.82) is 0 Å². The molecule has 26 heavy (non-hydrogen) atoms. The molecule has 0 spiro atoms. The summed E-state index contributed by atoms with van der Waals surface area (Å²) in [5, 5.41) is 5.34. The van der Waals surface area contributed by atoms with Gasteiger partial charge in [-0.25, -0.2) is 0 Å². The van der Waals surface area contributed by atoms with E-state index in [9.17, 15) is 4.79 Å². The number of anilines is 1. The van der Waals surface area contributed by atoms with Crippen molar-refractivity contribution >= 4 is 33.9 Å². The van der Waals surface area contributed by atoms with Gasteiger partial charge in [0.1, 0.15) is 13.2 Å². The van der Waals surface area contributed by atoms with Crippen LogP contribution in [0.15, 0.2) is 35.7 Å². The molecule has 1 aliphatic rings. The molecule has 1 amide bonds. The molecule has 6 nitrogen and oxygen atoms in total. The molecule has 1 aromatic carbocycles. The van der Waals surface area contributed by atoms with Crippen LogP contribution in [-0.2, 0) is 10.2 Å². The molecule has 0 radical (unpaired) electrons. The Morgan fingerprint density at radius 3 is 2.77 bits per heavy atom. The summed E-state index contributed by atoms with van der Waals surface area (Å²) in [5.41, 5.74) is 0.0900. The topological polar surface area (TPSA) is 73.3 Å². The van der Waals surface area contributed by atoms with Gasteiger partial charge in [-0.15, -0.1) is 11.3 Å². The molecule has 3 heterocycles. The highest BCUT2D eigenvalue weighted by Crippen LogP contribution is 2.36. The minimum absolute atomic E-state index is 0.150. The first-order valence-electron chi connectivity index (χ1n) is 8.13. The second-order valence-electron chi connectivity index (χ2n) is 6.34. The van der Waals surface area contributed by atoms with E-state index in [2.05, 4.69) is 14.7 Å². The predicted molar refractivity (Wildman–Crippen MR) is 102 cm³/mol. The Bertz CT molecular complexity index is 935. The van der Waals surface area contributed by atoms with E-state index in [0.717, 1.165) is 10.4 Å². The molecule has 1 aliphatic heterocycles. The van der Waals surface area contributed by atoms with Gasteiger partial charge in [0.25, 0.3) is 0 Å². The average molecular weight is 387 g/mol. The van der Waals surface area contributed by atoms with Gasteiger partial charge in [-0.3, -0.25) is 10.1 Å². The van der Waals surface area contributed by atoms with Gasteiger partial charge in [-0.05, 0) is 43.0 Å². The van der Waals surface area contributed by atoms with Crippen LogP contribution in [0.25, 0.3) is 10.7 Å². The number of benzene rings is 1. The van der Waals surface area contributed by atoms with Gasteiger partial charge >= 0.3 is 0 Å². The number of hydrogen-bond acceptors (Lipinski definition) is 7. The standard InChI is InChI=1S/C18H17N3O3S2/c1-18(2,11-5-6-12-13(10-11)24-8-7-23-12)16(22)20-17-19-15(21-26-17)14-4-3-9-25-14/h3-6,9-10H,7-8H2,1-2H3,(H,19,20,21,22). The maximum Gasteiger partial charge on any atom is 0.236 e. The first-order valence-corrected chi connectivity index (χ1v) is 9.78. The Hall–Kier alpha value is -2.45. The molecule has 0 atom stereocenters. The van der Waals surface area contributed by atoms with E-state index < -0.39 is 5.41 Å². The summed E-state index contributed by atoms with van der Waals surface area (Å²) >= 11 is 2.75. The van der Waals surface area contributed by atoms with E-state index in [1.54, 1.807) is 11.3 Å². The number of amides is 1. The molecule has 4 rings (SSSR count). The predicted octanol–water partition coefficient (Wildman–Crippen LogP) is 3.95. The third kappa shape index (κ3) is 3.17. The Labute approximate surface area is 159 Å². The fourth-order valence-corrected chi connectivity index (χ4v) is 3.89. The normalized spacial score (nSPS) is 13.5. The highest BCUT2D eigenvalue weighted by Gasteiger charge is 2.32. The first kappa shape index (κ1) is 17.0. The number of thiophene rings is 1. The third-order valence-corrected chi connectivity index (χ3v) is 5.72. The number of carbonyl (C=O) groups excluding carboxylic acids is 1. The zero-order valence-corrected chi connectivity index (χ0v) is 15.9. The largest absolute Gasteiger partial charge is 0.486 e. The van der Waals surface area contributed by atoms with Crippen LogP contribution in [0.3, 0.4) is 0 Å². The minimum Gasteiger partial charge on any atom is -0.486 e. The zero-order valence-electron chi connectivity index (χ0n) is 14.3. The van der Waals surface area contributed by atoms with Crippen LogP contribution in [0.1, 0.15) is 19.4 Å². The van der Waals surface area contributed by atoms with Crippen LogP contribution in [0.2, 0.25) is 0 Å². The summed E-state index contributed by atoms with van der Waals surface area (Å²) < 4.78 is 15.5. The molecule has 0 saturated carbocycles. The van der Waals surface area contributed by atoms with Gasteiger partial charge in [0.05, 0.1) is 10.3 Å². The number of ether oxygens (including phenoxy) is 2. The number of aromatic nitrogens is 2. The van der Waals surface area contributed by atoms with Crippen molar-refractivity contribution in [3.8, 4) is 22.2 Å². The van der Waals surface area contributed by atoms with Gasteiger partial charge in [0.2, 0.25) is 11.0 Å². The van der Waals surface area contributed by atoms with Crippen molar-refractivity contribution < 1.29 is 14.3 Å². The van der Waals surface area contributed by atoms with Gasteiger partial charge in [-0.1, -0.05) is 12.1 Å². The van der Waals surface area contributed by atoms with Gasteiger partial charge in [0.15, 0.2) is 17.3 Å². The molecule has 0 unspecified atom stereocenters. The van der Waals surface area contributed by atoms with E-state index >= 15 is 0 Å². The second-order valence-corrected chi connectivity index (χ2v) is 8.04. The lowest BCUT2D eigenvalue weighted by atomic mass is 9.83. The SMILES string of the molecule is CC(C)(C(=O)Nc1nc(-c2cccs2)ns1)c1ccc2c(c1)OCCO2. The Morgan fingerprint density at radius 2 is 2.00 bits per heavy atom. The van der Waals surface area contributed by atoms with E-state index in [1.807, 2.05) is 49.6 Å². The van der Waals surface area contributed by atoms with E-state index in [0.29, 0.717) is 35.7 Å². The molecule has 8 heteroatoms. The monoisotopic (exact) mass is 387 g/mol. The number of fused-ring (bicyclic) bond motifs is 1. The highest BCUT2D eigenvalue weighted by atomic mass is 32.1. The van der Waals surface area contributed by atoms with E-state index in [1.165, 1.54) is 11.5 Å². The number of nitrogens with one attached hydrogen (secondary N) is 1. The molecule has 0 bridgehead atoms. The Balaban J connectivity index is 1.53. The second kappa shape index (κ2) is 6.69. The first-order chi connectivity index (χ1) is 12.5. The minimum atomic E-state index is -0.759. The number of rotatable bonds is 4. The lowest BCUT2D eigenvalue weighted by Gasteiger charge is -2.26. The summed E-state index contributed by atoms with van der Waals surface area (Å²) in [4.78, 5) is 18.2. The molecule has 1 N–H and O–H groups in total. The van der Waals surface area contributed by atoms with Crippen LogP contribution in [-0.4, -0.2) is 28.5 Å². The van der Waals surface area contributed by atoms with Crippen LogP contribution < -0.4 is 14.8 Å². The average Bonchev–Trinajstić information content (AvgIpc) is 3.32. The van der Waals surface area contributed by atoms with Crippen molar-refractivity contribution in [3.63, 3.8) is 0 Å². The molecular weight excluding hydrogens is 370 g/mol. The van der Waals surface area contributed by atoms with Gasteiger partial charge < -0.3 is 9.47 Å². The summed E-state index contributed by atoms with van der Waals surface area (Å²) in [6, 6.07) is 9.51. The Morgan fingerprint density at radius 1 is 1.19 bits per heavy atom. The number of hydrogen-bond donors (Lipinski definition) is 1. The van der Waals surface area contributed by atoms with Gasteiger partial charge in [0, 0.05) is 11.5 Å². The van der Waals surface area contributed by atoms with Crippen molar-refractivity contribution in [1.82, 2.24) is 9.36 Å². The maximum absolute atomic E-state index is 12.9. The van der Waals surface area contributed by atoms with Crippen molar-refractivity contribution in [2.75, 3.05) is 18.5 Å². The summed E-state index contributed by atoms with van der Waals surface area (Å²) in [7, 11) is 0. The third-order valence-electron chi connectivity index (χ3n) is 4.22. The van der Waals surface area contributed by atoms with Crippen molar-refractivity contribution in [3.05, 3.63) is 41.3 Å². The van der Waals surface area contributed by atoms with Gasteiger partial charge in [-0.2, -0.15) is 9.36 Å². The van der Waals surface area contributed by atoms with Crippen LogP contribution in [0, 0.1) is 0 Å². The molecule has 0 saturated heterocycles. The highest BCUT2D eigenvalue weighted by molar-refractivity contribution is 7.14. The molecule has 3 aromatic rings. The zero-order chi connectivity index (χ0) is 18.1. The maximum atomic E-state index is 12.9. The fraction of sp³-hybridized carbons (Fsp3) is 0.278. The summed E-state index contributed by atoms with van der Waals surface area (Å²) in [6.07, 6.45) is 0. The smallest absolute Gasteiger partial charge is 0.236 e. The lowest BCUT2D eigenvalue weighted by molar-refractivity contribution is -0.120. The van der Waals surface area contributed by atoms with Crippen LogP contribution >= 0.6 is 22.9 Å². The summed E-state index contributed by atoms with van der Waals surface area (Å²) in [6.45, 7) is 4.79. The fourth-order valence-electron chi connectivity index (χ4n) is 2.60. The molecule has 0 fully saturated rings. The summed E-state index contributed by atoms with van der Waals surface area (Å²) in [5.74, 6) is 1.87. The number of carbonyl (C=O) groups is 1. The Kier molecular flexibility index (Phi) is 4.37. The van der Waals surface area contributed by atoms with E-state index in [4.69, 9.17) is 9.47 Å². The van der Waals surface area contributed by atoms with Crippen LogP contribution in [0.5, 0.6) is 11.5 Å². The molecule has 2 aromatic heterocycles. The van der Waals surface area contributed by atoms with Crippen LogP contribution in [0.4, 0.5) is 5.13 Å². The quantitative estimate of drug-likeness (QED) is 0.734. The molecule has 0 aliphatic carbocycles. The number of nitrogens with zero attached hydrogens (tertiary/aromatic N) is 2. The lowest BCUT2D eigenvalue weighted by Crippen LogP contribution is -2.34. The van der Waals surface area contributed by atoms with Crippen molar-refractivity contribution in [2.45, 2.75) is 19.3 Å². The molecule has 134 valence electrons. The van der Waals surface area contributed by atoms with Crippen molar-refractivity contribution in [2.24, 2.45) is 0 Å².